The van der Waals surface area contributed by atoms with Crippen LogP contribution < -0.4 is 10.8 Å². The molecule has 2 nitrogen and oxygen atoms in total. The van der Waals surface area contributed by atoms with Crippen LogP contribution in [0.15, 0.2) is 36.5 Å². The lowest BCUT2D eigenvalue weighted by molar-refractivity contribution is -0.138. The van der Waals surface area contributed by atoms with E-state index in [-0.39, 0.29) is 17.0 Å². The molecule has 0 saturated carbocycles. The van der Waals surface area contributed by atoms with Crippen LogP contribution in [0.2, 0.25) is 0 Å². The van der Waals surface area contributed by atoms with Gasteiger partial charge in [-0.3, -0.25) is 0 Å². The predicted molar refractivity (Wildman–Crippen MR) is 69.4 cm³/mol. The summed E-state index contributed by atoms with van der Waals surface area (Å²) in [6, 6.07) is 4.62. The van der Waals surface area contributed by atoms with Crippen LogP contribution >= 0.6 is 0 Å². The van der Waals surface area contributed by atoms with Crippen molar-refractivity contribution in [2.24, 2.45) is 0 Å². The quantitative estimate of drug-likeness (QED) is 0.676. The standard InChI is InChI=1S/C13H7BF6N2/c14-10-5-8(13(18,19)20)6-21-11(10)22-9-3-1-7(2-4-9)12(15,16)17/h1-6H,(H,21,22). The van der Waals surface area contributed by atoms with E-state index in [1.165, 1.54) is 0 Å². The molecule has 0 aliphatic carbocycles. The van der Waals surface area contributed by atoms with Crippen LogP contribution in [0.25, 0.3) is 0 Å². The SMILES string of the molecule is [B]c1cc(C(F)(F)F)cnc1Nc1ccc(C(F)(F)F)cc1. The Labute approximate surface area is 122 Å². The summed E-state index contributed by atoms with van der Waals surface area (Å²) in [5.41, 5.74) is -1.91. The van der Waals surface area contributed by atoms with E-state index in [9.17, 15) is 26.3 Å². The van der Waals surface area contributed by atoms with Gasteiger partial charge in [0.15, 0.2) is 0 Å². The summed E-state index contributed by atoms with van der Waals surface area (Å²) < 4.78 is 74.6. The molecule has 22 heavy (non-hydrogen) atoms. The average molecular weight is 316 g/mol. The molecule has 2 aromatic rings. The first-order chi connectivity index (χ1) is 10.1. The number of nitrogens with zero attached hydrogens (tertiary/aromatic N) is 1. The van der Waals surface area contributed by atoms with E-state index in [1.54, 1.807) is 0 Å². The lowest BCUT2D eigenvalue weighted by Gasteiger charge is -2.13. The molecule has 0 saturated heterocycles. The number of anilines is 2. The molecule has 0 aliphatic heterocycles. The van der Waals surface area contributed by atoms with Gasteiger partial charge in [0, 0.05) is 11.9 Å². The van der Waals surface area contributed by atoms with E-state index in [0.717, 1.165) is 24.3 Å². The Bertz CT molecular complexity index is 664. The molecular weight excluding hydrogens is 309 g/mol. The lowest BCUT2D eigenvalue weighted by atomic mass is 9.95. The Kier molecular flexibility index (Phi) is 4.08. The Morgan fingerprint density at radius 1 is 0.864 bits per heavy atom. The van der Waals surface area contributed by atoms with Crippen LogP contribution in [0, 0.1) is 0 Å². The second-order valence-corrected chi connectivity index (χ2v) is 4.36. The molecule has 1 aromatic heterocycles. The smallest absolute Gasteiger partial charge is 0.341 e. The number of aromatic nitrogens is 1. The molecule has 0 aliphatic rings. The van der Waals surface area contributed by atoms with Crippen molar-refractivity contribution in [1.82, 2.24) is 4.98 Å². The minimum Gasteiger partial charge on any atom is -0.341 e. The van der Waals surface area contributed by atoms with Crippen LogP contribution in [0.1, 0.15) is 11.1 Å². The number of benzene rings is 1. The fourth-order valence-corrected chi connectivity index (χ4v) is 1.62. The van der Waals surface area contributed by atoms with Crippen LogP contribution in [0.5, 0.6) is 0 Å². The molecular formula is C13H7BF6N2. The van der Waals surface area contributed by atoms with Crippen LogP contribution in [0.3, 0.4) is 0 Å². The van der Waals surface area contributed by atoms with Crippen molar-refractivity contribution in [3.05, 3.63) is 47.7 Å². The summed E-state index contributed by atoms with van der Waals surface area (Å²) in [7, 11) is 5.46. The first-order valence-corrected chi connectivity index (χ1v) is 5.84. The Balaban J connectivity index is 2.21. The molecule has 2 radical (unpaired) electrons. The number of halogens is 6. The first-order valence-electron chi connectivity index (χ1n) is 5.84. The molecule has 0 bridgehead atoms. The van der Waals surface area contributed by atoms with E-state index >= 15 is 0 Å². The zero-order chi connectivity index (χ0) is 16.5. The van der Waals surface area contributed by atoms with Gasteiger partial charge in [-0.2, -0.15) is 26.3 Å². The Morgan fingerprint density at radius 3 is 1.86 bits per heavy atom. The fourth-order valence-electron chi connectivity index (χ4n) is 1.62. The molecule has 0 unspecified atom stereocenters. The zero-order valence-corrected chi connectivity index (χ0v) is 10.8. The number of nitrogens with one attached hydrogen (secondary N) is 1. The molecule has 2 rings (SSSR count). The summed E-state index contributed by atoms with van der Waals surface area (Å²) in [5.74, 6) is -0.0761. The maximum atomic E-state index is 12.5. The van der Waals surface area contributed by atoms with Crippen molar-refractivity contribution in [3.8, 4) is 0 Å². The molecule has 0 fully saturated rings. The van der Waals surface area contributed by atoms with Gasteiger partial charge in [0.1, 0.15) is 13.7 Å². The second-order valence-electron chi connectivity index (χ2n) is 4.36. The number of pyridine rings is 1. The lowest BCUT2D eigenvalue weighted by Crippen LogP contribution is -2.16. The third-order valence-electron chi connectivity index (χ3n) is 2.72. The van der Waals surface area contributed by atoms with E-state index in [1.807, 2.05) is 0 Å². The van der Waals surface area contributed by atoms with Crippen LogP contribution in [0.4, 0.5) is 37.8 Å². The van der Waals surface area contributed by atoms with Gasteiger partial charge < -0.3 is 5.32 Å². The van der Waals surface area contributed by atoms with Gasteiger partial charge in [0.25, 0.3) is 0 Å². The van der Waals surface area contributed by atoms with E-state index in [4.69, 9.17) is 7.85 Å². The molecule has 114 valence electrons. The maximum absolute atomic E-state index is 12.5. The molecule has 1 N–H and O–H groups in total. The van der Waals surface area contributed by atoms with Gasteiger partial charge in [0.2, 0.25) is 0 Å². The van der Waals surface area contributed by atoms with Crippen LogP contribution in [-0.2, 0) is 12.4 Å². The largest absolute Gasteiger partial charge is 0.417 e. The number of rotatable bonds is 2. The van der Waals surface area contributed by atoms with Gasteiger partial charge >= 0.3 is 12.4 Å². The average Bonchev–Trinajstić information content (AvgIpc) is 2.39. The molecule has 0 spiro atoms. The first kappa shape index (κ1) is 16.2. The summed E-state index contributed by atoms with van der Waals surface area (Å²) in [6.45, 7) is 0. The fraction of sp³-hybridized carbons (Fsp3) is 0.154. The number of hydrogen-bond donors (Lipinski definition) is 1. The van der Waals surface area contributed by atoms with Crippen LogP contribution in [-0.4, -0.2) is 12.8 Å². The van der Waals surface area contributed by atoms with Gasteiger partial charge in [0.05, 0.1) is 11.1 Å². The minimum atomic E-state index is -4.58. The monoisotopic (exact) mass is 316 g/mol. The van der Waals surface area contributed by atoms with Gasteiger partial charge in [-0.05, 0) is 24.3 Å². The van der Waals surface area contributed by atoms with Crippen molar-refractivity contribution in [2.45, 2.75) is 12.4 Å². The maximum Gasteiger partial charge on any atom is 0.417 e. The minimum absolute atomic E-state index is 0.0761. The van der Waals surface area contributed by atoms with E-state index < -0.39 is 23.5 Å². The normalized spacial score (nSPS) is 12.3. The molecule has 0 atom stereocenters. The molecule has 1 aromatic carbocycles. The highest BCUT2D eigenvalue weighted by atomic mass is 19.4. The third-order valence-corrected chi connectivity index (χ3v) is 2.72. The highest BCUT2D eigenvalue weighted by Crippen LogP contribution is 2.31. The van der Waals surface area contributed by atoms with Crippen molar-refractivity contribution >= 4 is 24.8 Å². The van der Waals surface area contributed by atoms with E-state index in [0.29, 0.717) is 12.3 Å². The summed E-state index contributed by atoms with van der Waals surface area (Å²) in [6.07, 6.45) is -8.46. The van der Waals surface area contributed by atoms with Crippen molar-refractivity contribution in [3.63, 3.8) is 0 Å². The second kappa shape index (κ2) is 5.55. The van der Waals surface area contributed by atoms with Crippen molar-refractivity contribution in [1.29, 1.82) is 0 Å². The van der Waals surface area contributed by atoms with Crippen molar-refractivity contribution < 1.29 is 26.3 Å². The summed E-state index contributed by atoms with van der Waals surface area (Å²) in [5, 5.41) is 2.56. The summed E-state index contributed by atoms with van der Waals surface area (Å²) in [4.78, 5) is 3.53. The van der Waals surface area contributed by atoms with Gasteiger partial charge in [-0.15, -0.1) is 0 Å². The highest BCUT2D eigenvalue weighted by Gasteiger charge is 2.31. The summed E-state index contributed by atoms with van der Waals surface area (Å²) >= 11 is 0. The highest BCUT2D eigenvalue weighted by molar-refractivity contribution is 6.35. The topological polar surface area (TPSA) is 24.9 Å². The Morgan fingerprint density at radius 2 is 1.41 bits per heavy atom. The van der Waals surface area contributed by atoms with Gasteiger partial charge in [-0.1, -0.05) is 11.5 Å². The van der Waals surface area contributed by atoms with E-state index in [2.05, 4.69) is 10.3 Å². The zero-order valence-electron chi connectivity index (χ0n) is 10.8. The predicted octanol–water partition coefficient (Wildman–Crippen LogP) is 3.66. The molecule has 9 heteroatoms. The number of alkyl halides is 6. The Hall–Kier alpha value is -2.19. The molecule has 0 amide bonds. The van der Waals surface area contributed by atoms with Crippen molar-refractivity contribution in [2.75, 3.05) is 5.32 Å². The number of hydrogen-bond acceptors (Lipinski definition) is 2. The molecule has 1 heterocycles. The third kappa shape index (κ3) is 3.72. The van der Waals surface area contributed by atoms with Gasteiger partial charge in [-0.25, -0.2) is 4.98 Å².